The Hall–Kier alpha value is -3.55. The maximum absolute atomic E-state index is 13.6. The molecule has 1 aromatic heterocycles. The van der Waals surface area contributed by atoms with Gasteiger partial charge in [0.1, 0.15) is 11.5 Å². The summed E-state index contributed by atoms with van der Waals surface area (Å²) >= 11 is 0. The van der Waals surface area contributed by atoms with Crippen LogP contribution < -0.4 is 9.47 Å². The Morgan fingerprint density at radius 3 is 2.02 bits per heavy atom. The maximum Gasteiger partial charge on any atom is 0.268 e. The van der Waals surface area contributed by atoms with Crippen molar-refractivity contribution in [1.29, 1.82) is 0 Å². The number of nitrogens with zero attached hydrogens (tertiary/aromatic N) is 1. The second kappa shape index (κ2) is 17.7. The van der Waals surface area contributed by atoms with Crippen molar-refractivity contribution >= 4 is 27.0 Å². The summed E-state index contributed by atoms with van der Waals surface area (Å²) in [5.74, 6) is 1.26. The van der Waals surface area contributed by atoms with Gasteiger partial charge in [-0.25, -0.2) is 12.4 Å². The van der Waals surface area contributed by atoms with E-state index >= 15 is 0 Å². The largest absolute Gasteiger partial charge is 0.497 e. The Bertz CT molecular complexity index is 1540. The lowest BCUT2D eigenvalue weighted by Crippen LogP contribution is -2.11. The number of ether oxygens (including phenoxy) is 3. The third-order valence-electron chi connectivity index (χ3n) is 7.94. The van der Waals surface area contributed by atoms with E-state index < -0.39 is 10.0 Å². The third kappa shape index (κ3) is 9.47. The van der Waals surface area contributed by atoms with Gasteiger partial charge in [0.2, 0.25) is 0 Å². The molecule has 44 heavy (non-hydrogen) atoms. The summed E-state index contributed by atoms with van der Waals surface area (Å²) < 4.78 is 45.1. The van der Waals surface area contributed by atoms with Crippen LogP contribution in [0.15, 0.2) is 90.0 Å². The minimum absolute atomic E-state index is 0.206. The van der Waals surface area contributed by atoms with Gasteiger partial charge in [0, 0.05) is 18.4 Å². The van der Waals surface area contributed by atoms with Gasteiger partial charge >= 0.3 is 0 Å². The van der Waals surface area contributed by atoms with Crippen molar-refractivity contribution < 1.29 is 22.6 Å². The average Bonchev–Trinajstić information content (AvgIpc) is 3.44. The van der Waals surface area contributed by atoms with E-state index in [1.165, 1.54) is 60.9 Å². The molecule has 0 radical (unpaired) electrons. The fourth-order valence-corrected chi connectivity index (χ4v) is 6.84. The van der Waals surface area contributed by atoms with Gasteiger partial charge < -0.3 is 14.2 Å². The summed E-state index contributed by atoms with van der Waals surface area (Å²) in [6.07, 6.45) is 19.3. The van der Waals surface area contributed by atoms with Gasteiger partial charge in [0.05, 0.1) is 36.6 Å². The van der Waals surface area contributed by atoms with Gasteiger partial charge in [-0.15, -0.1) is 0 Å². The van der Waals surface area contributed by atoms with Crippen LogP contribution in [0.5, 0.6) is 11.5 Å². The summed E-state index contributed by atoms with van der Waals surface area (Å²) in [6, 6.07) is 22.3. The molecule has 0 N–H and O–H groups in total. The first kappa shape index (κ1) is 33.3. The number of aromatic nitrogens is 1. The number of allylic oxidation sites excluding steroid dienone is 1. The van der Waals surface area contributed by atoms with Gasteiger partial charge in [0.25, 0.3) is 10.0 Å². The molecular weight excluding hydrogens is 570 g/mol. The zero-order valence-corrected chi connectivity index (χ0v) is 27.1. The maximum atomic E-state index is 13.6. The molecule has 1 heterocycles. The van der Waals surface area contributed by atoms with Crippen molar-refractivity contribution in [1.82, 2.24) is 3.97 Å². The van der Waals surface area contributed by atoms with Gasteiger partial charge in [-0.05, 0) is 61.2 Å². The van der Waals surface area contributed by atoms with Crippen LogP contribution >= 0.6 is 0 Å². The lowest BCUT2D eigenvalue weighted by atomic mass is 10.1. The van der Waals surface area contributed by atoms with E-state index in [0.717, 1.165) is 36.8 Å². The number of unbranched alkanes of at least 4 members (excludes halogenated alkanes) is 10. The van der Waals surface area contributed by atoms with E-state index in [1.54, 1.807) is 44.7 Å². The molecule has 0 saturated carbocycles. The molecule has 3 aromatic carbocycles. The predicted octanol–water partition coefficient (Wildman–Crippen LogP) is 9.42. The zero-order chi connectivity index (χ0) is 31.0. The molecule has 0 amide bonds. The smallest absolute Gasteiger partial charge is 0.268 e. The van der Waals surface area contributed by atoms with Crippen LogP contribution in [0.25, 0.3) is 17.0 Å². The second-order valence-corrected chi connectivity index (χ2v) is 13.0. The molecule has 0 atom stereocenters. The molecule has 6 nitrogen and oxygen atoms in total. The van der Waals surface area contributed by atoms with Crippen molar-refractivity contribution in [3.05, 3.63) is 96.2 Å². The lowest BCUT2D eigenvalue weighted by molar-refractivity contribution is 0.116. The van der Waals surface area contributed by atoms with Crippen LogP contribution in [0.3, 0.4) is 0 Å². The summed E-state index contributed by atoms with van der Waals surface area (Å²) in [7, 11) is -0.627. The van der Waals surface area contributed by atoms with E-state index in [-0.39, 0.29) is 4.90 Å². The Kier molecular flexibility index (Phi) is 13.4. The molecule has 0 aliphatic rings. The van der Waals surface area contributed by atoms with Crippen LogP contribution in [0.4, 0.5) is 0 Å². The number of rotatable bonds is 20. The van der Waals surface area contributed by atoms with Crippen molar-refractivity contribution in [3.8, 4) is 11.5 Å². The number of hydrogen-bond acceptors (Lipinski definition) is 5. The molecule has 4 rings (SSSR count). The molecule has 0 aliphatic heterocycles. The van der Waals surface area contributed by atoms with Crippen molar-refractivity contribution in [2.24, 2.45) is 0 Å². The zero-order valence-electron chi connectivity index (χ0n) is 26.2. The van der Waals surface area contributed by atoms with Crippen molar-refractivity contribution in [3.63, 3.8) is 0 Å². The van der Waals surface area contributed by atoms with Gasteiger partial charge in [0.15, 0.2) is 0 Å². The monoisotopic (exact) mass is 617 g/mol. The number of hydrogen-bond donors (Lipinski definition) is 0. The van der Waals surface area contributed by atoms with Crippen LogP contribution in [0.2, 0.25) is 0 Å². The van der Waals surface area contributed by atoms with Crippen LogP contribution in [-0.4, -0.2) is 33.2 Å². The highest BCUT2D eigenvalue weighted by molar-refractivity contribution is 7.90. The fourth-order valence-electron chi connectivity index (χ4n) is 5.47. The topological polar surface area (TPSA) is 66.8 Å². The summed E-state index contributed by atoms with van der Waals surface area (Å²) in [6.45, 7) is 1.56. The van der Waals surface area contributed by atoms with E-state index in [9.17, 15) is 8.42 Å². The van der Waals surface area contributed by atoms with Gasteiger partial charge in [-0.2, -0.15) is 0 Å². The van der Waals surface area contributed by atoms with Crippen LogP contribution in [0.1, 0.15) is 81.8 Å². The molecular formula is C37H47NO5S. The molecule has 0 fully saturated rings. The Labute approximate surface area is 263 Å². The van der Waals surface area contributed by atoms with Crippen molar-refractivity contribution in [2.75, 3.05) is 20.8 Å². The molecule has 0 aliphatic carbocycles. The molecule has 0 bridgehead atoms. The van der Waals surface area contributed by atoms with Crippen LogP contribution in [0, 0.1) is 0 Å². The quantitative estimate of drug-likeness (QED) is 0.0925. The Balaban J connectivity index is 1.16. The lowest BCUT2D eigenvalue weighted by Gasteiger charge is -2.09. The summed E-state index contributed by atoms with van der Waals surface area (Å²) in [5, 5.41) is 0.794. The highest BCUT2D eigenvalue weighted by Crippen LogP contribution is 2.34. The fraction of sp³-hybridized carbons (Fsp3) is 0.405. The molecule has 0 saturated heterocycles. The first-order chi connectivity index (χ1) is 21.5. The Morgan fingerprint density at radius 2 is 1.36 bits per heavy atom. The number of methoxy groups -OCH3 is 2. The minimum Gasteiger partial charge on any atom is -0.497 e. The minimum atomic E-state index is -3.80. The Morgan fingerprint density at radius 1 is 0.705 bits per heavy atom. The molecule has 0 spiro atoms. The summed E-state index contributed by atoms with van der Waals surface area (Å²) in [5.41, 5.74) is 2.67. The van der Waals surface area contributed by atoms with E-state index in [0.29, 0.717) is 23.6 Å². The number of benzene rings is 3. The third-order valence-corrected chi connectivity index (χ3v) is 9.63. The van der Waals surface area contributed by atoms with E-state index in [4.69, 9.17) is 14.2 Å². The van der Waals surface area contributed by atoms with E-state index in [1.807, 2.05) is 30.3 Å². The average molecular weight is 618 g/mol. The van der Waals surface area contributed by atoms with Gasteiger partial charge in [-0.1, -0.05) is 99.9 Å². The highest BCUT2D eigenvalue weighted by atomic mass is 32.2. The molecule has 0 unspecified atom stereocenters. The first-order valence-electron chi connectivity index (χ1n) is 15.9. The predicted molar refractivity (Wildman–Crippen MR) is 180 cm³/mol. The van der Waals surface area contributed by atoms with Gasteiger partial charge in [-0.3, -0.25) is 0 Å². The second-order valence-electron chi connectivity index (χ2n) is 11.2. The summed E-state index contributed by atoms with van der Waals surface area (Å²) in [4.78, 5) is 0.206. The van der Waals surface area contributed by atoms with Crippen molar-refractivity contribution in [2.45, 2.75) is 82.1 Å². The van der Waals surface area contributed by atoms with Crippen LogP contribution in [-0.2, 0) is 21.4 Å². The molecule has 7 heteroatoms. The molecule has 236 valence electrons. The van der Waals surface area contributed by atoms with E-state index in [2.05, 4.69) is 30.3 Å². The highest BCUT2D eigenvalue weighted by Gasteiger charge is 2.22. The number of fused-ring (bicyclic) bond motifs is 1. The molecule has 4 aromatic rings. The normalized spacial score (nSPS) is 11.9. The SMILES string of the molecule is COc1ccc(S(=O)(=O)n2cc(/C=C\CCCCCCCCCCCCOCc3ccccc3)c3c(OC)cccc32)cc1. The standard InChI is InChI=1S/C37H47NO5S/c1-41-33-24-26-34(27-25-33)44(39,40)38-29-32(37-35(38)22-18-23-36(37)42-2)21-16-11-9-7-5-3-4-6-8-10-12-17-28-43-30-31-19-14-13-15-20-31/h13-16,18-27,29H,3-12,17,28,30H2,1-2H3/b21-16-. The first-order valence-corrected chi connectivity index (χ1v) is 17.3.